The molecule has 2 fully saturated rings. The molecule has 17 heavy (non-hydrogen) atoms. The van der Waals surface area contributed by atoms with Crippen molar-refractivity contribution in [3.05, 3.63) is 0 Å². The van der Waals surface area contributed by atoms with E-state index in [0.717, 1.165) is 39.0 Å². The van der Waals surface area contributed by atoms with E-state index in [1.54, 1.807) is 0 Å². The highest BCUT2D eigenvalue weighted by Gasteiger charge is 2.28. The first-order valence-corrected chi connectivity index (χ1v) is 6.46. The summed E-state index contributed by atoms with van der Waals surface area (Å²) >= 11 is 0. The molecule has 0 radical (unpaired) electrons. The summed E-state index contributed by atoms with van der Waals surface area (Å²) in [5.74, 6) is 0.807. The summed E-state index contributed by atoms with van der Waals surface area (Å²) in [6, 6.07) is 0. The fraction of sp³-hybridized carbons (Fsp3) is 0.833. The van der Waals surface area contributed by atoms with Gasteiger partial charge in [-0.25, -0.2) is 0 Å². The molecule has 0 bridgehead atoms. The van der Waals surface area contributed by atoms with Crippen LogP contribution in [0.1, 0.15) is 25.7 Å². The molecule has 2 aliphatic rings. The quantitative estimate of drug-likeness (QED) is 0.723. The Labute approximate surface area is 102 Å². The van der Waals surface area contributed by atoms with Crippen LogP contribution in [0.5, 0.6) is 0 Å². The number of carbonyl (C=O) groups is 2. The van der Waals surface area contributed by atoms with Gasteiger partial charge in [0.25, 0.3) is 0 Å². The molecule has 2 heterocycles. The standard InChI is InChI=1S/C12H21N3O2/c13-8-10-7-12(17)15(9-10)6-2-5-14-4-1-3-11(14)16/h10H,1-9,13H2. The van der Waals surface area contributed by atoms with E-state index in [2.05, 4.69) is 0 Å². The summed E-state index contributed by atoms with van der Waals surface area (Å²) in [6.45, 7) is 3.82. The lowest BCUT2D eigenvalue weighted by Crippen LogP contribution is -2.32. The number of hydrogen-bond donors (Lipinski definition) is 1. The van der Waals surface area contributed by atoms with Crippen LogP contribution in [0.3, 0.4) is 0 Å². The second kappa shape index (κ2) is 5.49. The highest BCUT2D eigenvalue weighted by Crippen LogP contribution is 2.17. The molecule has 2 rings (SSSR count). The number of carbonyl (C=O) groups excluding carboxylic acids is 2. The molecule has 1 atom stereocenters. The van der Waals surface area contributed by atoms with Gasteiger partial charge >= 0.3 is 0 Å². The summed E-state index contributed by atoms with van der Waals surface area (Å²) in [6.07, 6.45) is 3.16. The third-order valence-electron chi connectivity index (χ3n) is 3.66. The van der Waals surface area contributed by atoms with Gasteiger partial charge in [-0.15, -0.1) is 0 Å². The van der Waals surface area contributed by atoms with E-state index < -0.39 is 0 Å². The minimum atomic E-state index is 0.216. The zero-order chi connectivity index (χ0) is 12.3. The Hall–Kier alpha value is -1.10. The first kappa shape index (κ1) is 12.4. The number of hydrogen-bond acceptors (Lipinski definition) is 3. The second-order valence-electron chi connectivity index (χ2n) is 4.98. The topological polar surface area (TPSA) is 66.6 Å². The molecule has 96 valence electrons. The van der Waals surface area contributed by atoms with E-state index in [-0.39, 0.29) is 11.8 Å². The van der Waals surface area contributed by atoms with E-state index in [1.807, 2.05) is 9.80 Å². The molecular weight excluding hydrogens is 218 g/mol. The lowest BCUT2D eigenvalue weighted by molar-refractivity contribution is -0.128. The van der Waals surface area contributed by atoms with Gasteiger partial charge in [0.05, 0.1) is 0 Å². The molecule has 0 aromatic rings. The summed E-state index contributed by atoms with van der Waals surface area (Å²) in [7, 11) is 0. The Morgan fingerprint density at radius 2 is 1.94 bits per heavy atom. The van der Waals surface area contributed by atoms with Crippen molar-refractivity contribution in [2.24, 2.45) is 11.7 Å². The first-order valence-electron chi connectivity index (χ1n) is 6.46. The highest BCUT2D eigenvalue weighted by atomic mass is 16.2. The molecule has 0 aromatic heterocycles. The minimum absolute atomic E-state index is 0.216. The van der Waals surface area contributed by atoms with Gasteiger partial charge in [0.15, 0.2) is 0 Å². The van der Waals surface area contributed by atoms with Crippen molar-refractivity contribution in [1.29, 1.82) is 0 Å². The number of nitrogens with zero attached hydrogens (tertiary/aromatic N) is 2. The highest BCUT2D eigenvalue weighted by molar-refractivity contribution is 5.79. The lowest BCUT2D eigenvalue weighted by atomic mass is 10.1. The SMILES string of the molecule is NCC1CC(=O)N(CCCN2CCCC2=O)C1. The third-order valence-corrected chi connectivity index (χ3v) is 3.66. The van der Waals surface area contributed by atoms with Crippen LogP contribution in [0.4, 0.5) is 0 Å². The van der Waals surface area contributed by atoms with Crippen molar-refractivity contribution in [2.75, 3.05) is 32.7 Å². The fourth-order valence-corrected chi connectivity index (χ4v) is 2.62. The van der Waals surface area contributed by atoms with Gasteiger partial charge in [-0.1, -0.05) is 0 Å². The summed E-state index contributed by atoms with van der Waals surface area (Å²) < 4.78 is 0. The molecule has 5 nitrogen and oxygen atoms in total. The molecule has 0 saturated carbocycles. The zero-order valence-corrected chi connectivity index (χ0v) is 10.2. The Morgan fingerprint density at radius 3 is 2.53 bits per heavy atom. The van der Waals surface area contributed by atoms with Crippen molar-refractivity contribution in [3.63, 3.8) is 0 Å². The van der Waals surface area contributed by atoms with Gasteiger partial charge in [0.1, 0.15) is 0 Å². The van der Waals surface area contributed by atoms with Gasteiger partial charge in [0, 0.05) is 39.0 Å². The maximum atomic E-state index is 11.6. The van der Waals surface area contributed by atoms with Crippen LogP contribution in [-0.4, -0.2) is 54.3 Å². The van der Waals surface area contributed by atoms with E-state index in [9.17, 15) is 9.59 Å². The Bertz CT molecular complexity index is 306. The average Bonchev–Trinajstić information content (AvgIpc) is 2.87. The lowest BCUT2D eigenvalue weighted by Gasteiger charge is -2.19. The third kappa shape index (κ3) is 2.97. The van der Waals surface area contributed by atoms with Crippen LogP contribution in [0.15, 0.2) is 0 Å². The number of rotatable bonds is 5. The molecule has 0 aliphatic carbocycles. The predicted octanol–water partition coefficient (Wildman–Crippen LogP) is -0.194. The van der Waals surface area contributed by atoms with Crippen molar-refractivity contribution in [2.45, 2.75) is 25.7 Å². The van der Waals surface area contributed by atoms with Crippen molar-refractivity contribution in [1.82, 2.24) is 9.80 Å². The fourth-order valence-electron chi connectivity index (χ4n) is 2.62. The van der Waals surface area contributed by atoms with Crippen LogP contribution < -0.4 is 5.73 Å². The molecule has 0 spiro atoms. The van der Waals surface area contributed by atoms with Gasteiger partial charge in [-0.3, -0.25) is 9.59 Å². The van der Waals surface area contributed by atoms with Crippen molar-refractivity contribution < 1.29 is 9.59 Å². The summed E-state index contributed by atoms with van der Waals surface area (Å²) in [5, 5.41) is 0. The van der Waals surface area contributed by atoms with Gasteiger partial charge < -0.3 is 15.5 Å². The molecular formula is C12H21N3O2. The monoisotopic (exact) mass is 239 g/mol. The Morgan fingerprint density at radius 1 is 1.18 bits per heavy atom. The number of likely N-dealkylation sites (tertiary alicyclic amines) is 2. The van der Waals surface area contributed by atoms with Crippen LogP contribution in [0.2, 0.25) is 0 Å². The van der Waals surface area contributed by atoms with Crippen LogP contribution in [-0.2, 0) is 9.59 Å². The maximum Gasteiger partial charge on any atom is 0.222 e. The van der Waals surface area contributed by atoms with E-state index >= 15 is 0 Å². The molecule has 2 aliphatic heterocycles. The minimum Gasteiger partial charge on any atom is -0.343 e. The number of amides is 2. The largest absolute Gasteiger partial charge is 0.343 e. The summed E-state index contributed by atoms with van der Waals surface area (Å²) in [5.41, 5.74) is 5.57. The molecule has 2 saturated heterocycles. The van der Waals surface area contributed by atoms with Crippen molar-refractivity contribution >= 4 is 11.8 Å². The smallest absolute Gasteiger partial charge is 0.222 e. The van der Waals surface area contributed by atoms with E-state index in [4.69, 9.17) is 5.73 Å². The van der Waals surface area contributed by atoms with Crippen molar-refractivity contribution in [3.8, 4) is 0 Å². The van der Waals surface area contributed by atoms with Crippen LogP contribution >= 0.6 is 0 Å². The van der Waals surface area contributed by atoms with Gasteiger partial charge in [-0.05, 0) is 25.3 Å². The van der Waals surface area contributed by atoms with Gasteiger partial charge in [-0.2, -0.15) is 0 Å². The Kier molecular flexibility index (Phi) is 3.99. The molecule has 2 amide bonds. The molecule has 1 unspecified atom stereocenters. The van der Waals surface area contributed by atoms with Crippen LogP contribution in [0.25, 0.3) is 0 Å². The Balaban J connectivity index is 1.68. The first-order chi connectivity index (χ1) is 8.20. The maximum absolute atomic E-state index is 11.6. The zero-order valence-electron chi connectivity index (χ0n) is 10.2. The summed E-state index contributed by atoms with van der Waals surface area (Å²) in [4.78, 5) is 26.8. The van der Waals surface area contributed by atoms with E-state index in [1.165, 1.54) is 0 Å². The normalized spacial score (nSPS) is 25.1. The molecule has 0 aromatic carbocycles. The predicted molar refractivity (Wildman–Crippen MR) is 64.2 cm³/mol. The van der Waals surface area contributed by atoms with Crippen LogP contribution in [0, 0.1) is 5.92 Å². The average molecular weight is 239 g/mol. The van der Waals surface area contributed by atoms with E-state index in [0.29, 0.717) is 25.3 Å². The number of nitrogens with two attached hydrogens (primary N) is 1. The van der Waals surface area contributed by atoms with Gasteiger partial charge in [0.2, 0.25) is 11.8 Å². The molecule has 2 N–H and O–H groups in total. The molecule has 5 heteroatoms. The second-order valence-corrected chi connectivity index (χ2v) is 4.98.